The molecule has 0 bridgehead atoms. The van der Waals surface area contributed by atoms with Crippen molar-refractivity contribution in [2.24, 2.45) is 5.92 Å². The summed E-state index contributed by atoms with van der Waals surface area (Å²) in [6.45, 7) is 3.25. The van der Waals surface area contributed by atoms with Gasteiger partial charge < -0.3 is 0 Å². The lowest BCUT2D eigenvalue weighted by atomic mass is 9.99. The Morgan fingerprint density at radius 3 is 2.68 bits per heavy atom. The highest BCUT2D eigenvalue weighted by Gasteiger charge is 2.18. The van der Waals surface area contributed by atoms with Crippen molar-refractivity contribution in [3.8, 4) is 0 Å². The summed E-state index contributed by atoms with van der Waals surface area (Å²) in [4.78, 5) is 7.23. The van der Waals surface area contributed by atoms with Gasteiger partial charge in [0, 0.05) is 17.8 Å². The predicted molar refractivity (Wildman–Crippen MR) is 80.5 cm³/mol. The summed E-state index contributed by atoms with van der Waals surface area (Å²) in [6, 6.07) is 12.6. The van der Waals surface area contributed by atoms with Crippen LogP contribution in [-0.4, -0.2) is 28.9 Å². The molecule has 2 aromatic rings. The van der Waals surface area contributed by atoms with Gasteiger partial charge >= 0.3 is 0 Å². The second kappa shape index (κ2) is 5.89. The number of rotatable bonds is 3. The molecule has 19 heavy (non-hydrogen) atoms. The van der Waals surface area contributed by atoms with Gasteiger partial charge in [0.1, 0.15) is 0 Å². The lowest BCUT2D eigenvalue weighted by molar-refractivity contribution is 0.185. The minimum absolute atomic E-state index is 0.711. The summed E-state index contributed by atoms with van der Waals surface area (Å²) in [5, 5.41) is 1.21. The Labute approximate surface area is 119 Å². The van der Waals surface area contributed by atoms with E-state index in [9.17, 15) is 0 Å². The van der Waals surface area contributed by atoms with E-state index in [0.717, 1.165) is 31.0 Å². The van der Waals surface area contributed by atoms with Gasteiger partial charge in [-0.2, -0.15) is 0 Å². The molecule has 1 aromatic heterocycles. The third kappa shape index (κ3) is 3.07. The van der Waals surface area contributed by atoms with Gasteiger partial charge in [0.2, 0.25) is 0 Å². The zero-order valence-electron chi connectivity index (χ0n) is 11.1. The van der Waals surface area contributed by atoms with Crippen molar-refractivity contribution in [1.82, 2.24) is 9.88 Å². The van der Waals surface area contributed by atoms with E-state index in [4.69, 9.17) is 16.6 Å². The molecule has 0 atom stereocenters. The Balaban J connectivity index is 1.68. The highest BCUT2D eigenvalue weighted by Crippen LogP contribution is 2.20. The number of nitrogens with zero attached hydrogens (tertiary/aromatic N) is 2. The van der Waals surface area contributed by atoms with E-state index in [-0.39, 0.29) is 0 Å². The molecule has 3 rings (SSSR count). The molecular weight excluding hydrogens is 256 g/mol. The smallest absolute Gasteiger partial charge is 0.0705 e. The second-order valence-corrected chi connectivity index (χ2v) is 5.68. The quantitative estimate of drug-likeness (QED) is 0.794. The predicted octanol–water partition coefficient (Wildman–Crippen LogP) is 3.69. The van der Waals surface area contributed by atoms with Gasteiger partial charge in [0.05, 0.1) is 11.2 Å². The first-order chi connectivity index (χ1) is 9.35. The van der Waals surface area contributed by atoms with Crippen LogP contribution in [0, 0.1) is 5.92 Å². The number of benzene rings is 1. The van der Waals surface area contributed by atoms with Crippen molar-refractivity contribution in [2.75, 3.05) is 19.0 Å². The third-order valence-electron chi connectivity index (χ3n) is 3.97. The maximum atomic E-state index is 5.92. The minimum Gasteiger partial charge on any atom is -0.297 e. The summed E-state index contributed by atoms with van der Waals surface area (Å²) in [6.07, 6.45) is 2.44. The van der Waals surface area contributed by atoms with Crippen LogP contribution in [0.5, 0.6) is 0 Å². The molecule has 0 N–H and O–H groups in total. The fourth-order valence-electron chi connectivity index (χ4n) is 2.72. The lowest BCUT2D eigenvalue weighted by Crippen LogP contribution is -2.33. The van der Waals surface area contributed by atoms with Crippen molar-refractivity contribution in [3.05, 3.63) is 42.1 Å². The van der Waals surface area contributed by atoms with Crippen LogP contribution >= 0.6 is 11.6 Å². The Bertz CT molecular complexity index is 547. The molecule has 1 saturated heterocycles. The highest BCUT2D eigenvalue weighted by molar-refractivity contribution is 6.18. The van der Waals surface area contributed by atoms with Crippen molar-refractivity contribution in [1.29, 1.82) is 0 Å². The number of halogens is 1. The SMILES string of the molecule is ClCC1CCN(Cc2ccc3ccccc3n2)CC1. The largest absolute Gasteiger partial charge is 0.297 e. The first kappa shape index (κ1) is 12.9. The Hall–Kier alpha value is -1.12. The zero-order chi connectivity index (χ0) is 13.1. The normalized spacial score (nSPS) is 17.9. The average molecular weight is 275 g/mol. The summed E-state index contributed by atoms with van der Waals surface area (Å²) < 4.78 is 0. The summed E-state index contributed by atoms with van der Waals surface area (Å²) in [5.74, 6) is 1.52. The molecule has 1 aromatic carbocycles. The number of alkyl halides is 1. The molecule has 0 amide bonds. The number of pyridine rings is 1. The van der Waals surface area contributed by atoms with E-state index in [0.29, 0.717) is 5.92 Å². The Morgan fingerprint density at radius 2 is 1.89 bits per heavy atom. The Kier molecular flexibility index (Phi) is 4.00. The van der Waals surface area contributed by atoms with Gasteiger partial charge in [-0.05, 0) is 44.0 Å². The van der Waals surface area contributed by atoms with Gasteiger partial charge in [0.15, 0.2) is 0 Å². The third-order valence-corrected chi connectivity index (χ3v) is 4.40. The van der Waals surface area contributed by atoms with E-state index in [2.05, 4.69) is 35.2 Å². The van der Waals surface area contributed by atoms with Gasteiger partial charge in [-0.15, -0.1) is 11.6 Å². The van der Waals surface area contributed by atoms with Gasteiger partial charge in [0.25, 0.3) is 0 Å². The number of hydrogen-bond acceptors (Lipinski definition) is 2. The van der Waals surface area contributed by atoms with Gasteiger partial charge in [-0.3, -0.25) is 9.88 Å². The number of aromatic nitrogens is 1. The van der Waals surface area contributed by atoms with E-state index < -0.39 is 0 Å². The van der Waals surface area contributed by atoms with E-state index in [1.54, 1.807) is 0 Å². The van der Waals surface area contributed by atoms with Crippen molar-refractivity contribution >= 4 is 22.5 Å². The highest BCUT2D eigenvalue weighted by atomic mass is 35.5. The minimum atomic E-state index is 0.711. The van der Waals surface area contributed by atoms with Crippen LogP contribution in [0.2, 0.25) is 0 Å². The van der Waals surface area contributed by atoms with E-state index in [1.165, 1.54) is 23.9 Å². The van der Waals surface area contributed by atoms with Crippen LogP contribution in [-0.2, 0) is 6.54 Å². The fourth-order valence-corrected chi connectivity index (χ4v) is 3.03. The van der Waals surface area contributed by atoms with Crippen LogP contribution in [0.15, 0.2) is 36.4 Å². The molecule has 3 heteroatoms. The van der Waals surface area contributed by atoms with Crippen LogP contribution < -0.4 is 0 Å². The summed E-state index contributed by atoms with van der Waals surface area (Å²) in [7, 11) is 0. The first-order valence-corrected chi connectivity index (χ1v) is 7.51. The fraction of sp³-hybridized carbons (Fsp3) is 0.438. The molecular formula is C16H19ClN2. The monoisotopic (exact) mass is 274 g/mol. The molecule has 1 fully saturated rings. The van der Waals surface area contributed by atoms with Crippen LogP contribution in [0.4, 0.5) is 0 Å². The number of piperidine rings is 1. The Morgan fingerprint density at radius 1 is 1.11 bits per heavy atom. The number of fused-ring (bicyclic) bond motifs is 1. The molecule has 0 aliphatic carbocycles. The number of likely N-dealkylation sites (tertiary alicyclic amines) is 1. The molecule has 0 spiro atoms. The number of hydrogen-bond donors (Lipinski definition) is 0. The van der Waals surface area contributed by atoms with E-state index in [1.807, 2.05) is 6.07 Å². The maximum Gasteiger partial charge on any atom is 0.0705 e. The van der Waals surface area contributed by atoms with Crippen molar-refractivity contribution < 1.29 is 0 Å². The summed E-state index contributed by atoms with van der Waals surface area (Å²) >= 11 is 5.92. The topological polar surface area (TPSA) is 16.1 Å². The molecule has 2 heterocycles. The van der Waals surface area contributed by atoms with E-state index >= 15 is 0 Å². The van der Waals surface area contributed by atoms with Gasteiger partial charge in [-0.1, -0.05) is 24.3 Å². The van der Waals surface area contributed by atoms with Crippen LogP contribution in [0.1, 0.15) is 18.5 Å². The van der Waals surface area contributed by atoms with Crippen molar-refractivity contribution in [2.45, 2.75) is 19.4 Å². The molecule has 0 radical (unpaired) electrons. The zero-order valence-corrected chi connectivity index (χ0v) is 11.8. The molecule has 1 aliphatic rings. The molecule has 1 aliphatic heterocycles. The van der Waals surface area contributed by atoms with Crippen LogP contribution in [0.25, 0.3) is 10.9 Å². The second-order valence-electron chi connectivity index (χ2n) is 5.37. The number of para-hydroxylation sites is 1. The first-order valence-electron chi connectivity index (χ1n) is 6.98. The van der Waals surface area contributed by atoms with Crippen LogP contribution in [0.3, 0.4) is 0 Å². The maximum absolute atomic E-state index is 5.92. The van der Waals surface area contributed by atoms with Crippen molar-refractivity contribution in [3.63, 3.8) is 0 Å². The standard InChI is InChI=1S/C16H19ClN2/c17-11-13-7-9-19(10-8-13)12-15-6-5-14-3-1-2-4-16(14)18-15/h1-6,13H,7-12H2. The molecule has 2 nitrogen and oxygen atoms in total. The summed E-state index contributed by atoms with van der Waals surface area (Å²) in [5.41, 5.74) is 2.26. The average Bonchev–Trinajstić information content (AvgIpc) is 2.48. The lowest BCUT2D eigenvalue weighted by Gasteiger charge is -2.30. The molecule has 0 unspecified atom stereocenters. The molecule has 100 valence electrons. The molecule has 0 saturated carbocycles. The van der Waals surface area contributed by atoms with Gasteiger partial charge in [-0.25, -0.2) is 0 Å².